The Labute approximate surface area is 103 Å². The number of thiophene rings is 1. The molecule has 0 fully saturated rings. The van der Waals surface area contributed by atoms with E-state index in [-0.39, 0.29) is 6.00 Å². The van der Waals surface area contributed by atoms with Gasteiger partial charge in [0.15, 0.2) is 0 Å². The molecule has 0 unspecified atom stereocenters. The molecule has 4 heteroatoms. The van der Waals surface area contributed by atoms with E-state index in [1.54, 1.807) is 11.3 Å². The minimum Gasteiger partial charge on any atom is -0.272 e. The highest BCUT2D eigenvalue weighted by molar-refractivity contribution is 7.21. The maximum absolute atomic E-state index is 5.61. The summed E-state index contributed by atoms with van der Waals surface area (Å²) >= 11 is 7.28. The van der Waals surface area contributed by atoms with Crippen molar-refractivity contribution in [1.82, 2.24) is 0 Å². The molecule has 2 rings (SSSR count). The number of aliphatic imine (C=N–C) groups is 2. The van der Waals surface area contributed by atoms with E-state index in [1.165, 1.54) is 4.70 Å². The highest BCUT2D eigenvalue weighted by Gasteiger charge is 2.12. The lowest BCUT2D eigenvalue weighted by atomic mass is 10.2. The van der Waals surface area contributed by atoms with Gasteiger partial charge in [0.2, 0.25) is 0 Å². The molecule has 0 radical (unpaired) electrons. The second-order valence-corrected chi connectivity index (χ2v) is 4.59. The number of alkyl halides is 1. The van der Waals surface area contributed by atoms with Gasteiger partial charge in [0.25, 0.3) is 0 Å². The number of hydrogen-bond acceptors (Lipinski definition) is 3. The number of nitrogens with zero attached hydrogens (tertiary/aromatic N) is 2. The second kappa shape index (κ2) is 4.76. The molecule has 0 aliphatic heterocycles. The van der Waals surface area contributed by atoms with E-state index >= 15 is 0 Å². The summed E-state index contributed by atoms with van der Waals surface area (Å²) in [6.45, 7) is 5.57. The summed E-state index contributed by atoms with van der Waals surface area (Å²) in [5.41, 5.74) is 1.82. The molecule has 16 heavy (non-hydrogen) atoms. The van der Waals surface area contributed by atoms with Crippen LogP contribution >= 0.6 is 22.9 Å². The lowest BCUT2D eigenvalue weighted by Gasteiger charge is -1.97. The van der Waals surface area contributed by atoms with Crippen LogP contribution in [-0.4, -0.2) is 18.4 Å². The van der Waals surface area contributed by atoms with Crippen molar-refractivity contribution in [1.29, 1.82) is 0 Å². The summed E-state index contributed by atoms with van der Waals surface area (Å²) < 4.78 is 1.20. The van der Waals surface area contributed by atoms with Crippen LogP contribution in [0.4, 0.5) is 5.69 Å². The lowest BCUT2D eigenvalue weighted by molar-refractivity contribution is 1.35. The van der Waals surface area contributed by atoms with E-state index in [2.05, 4.69) is 22.8 Å². The molecule has 0 spiro atoms. The average Bonchev–Trinajstić information content (AvgIpc) is 2.67. The van der Waals surface area contributed by atoms with Crippen molar-refractivity contribution in [3.8, 4) is 0 Å². The van der Waals surface area contributed by atoms with Gasteiger partial charge in [0.1, 0.15) is 6.00 Å². The molecule has 0 N–H and O–H groups in total. The molecular formula is C12H11ClN2S. The molecule has 0 saturated carbocycles. The summed E-state index contributed by atoms with van der Waals surface area (Å²) in [5.74, 6) is 0. The molecule has 0 amide bonds. The number of hydrogen-bond donors (Lipinski definition) is 0. The Morgan fingerprint density at radius 1 is 1.44 bits per heavy atom. The van der Waals surface area contributed by atoms with Gasteiger partial charge < -0.3 is 0 Å². The predicted molar refractivity (Wildman–Crippen MR) is 74.0 cm³/mol. The lowest BCUT2D eigenvalue weighted by Crippen LogP contribution is -1.90. The fourth-order valence-electron chi connectivity index (χ4n) is 1.60. The van der Waals surface area contributed by atoms with Gasteiger partial charge in [-0.3, -0.25) is 9.98 Å². The molecule has 82 valence electrons. The van der Waals surface area contributed by atoms with E-state index < -0.39 is 0 Å². The first-order chi connectivity index (χ1) is 7.77. The third-order valence-electron chi connectivity index (χ3n) is 2.35. The van der Waals surface area contributed by atoms with Gasteiger partial charge in [-0.1, -0.05) is 18.2 Å². The highest BCUT2D eigenvalue weighted by atomic mass is 35.5. The molecule has 2 nitrogen and oxygen atoms in total. The SMILES string of the molecule is C=Nc1c(/C(C)=N\CCl)sc2ccccc12. The first kappa shape index (κ1) is 11.3. The molecule has 2 aromatic rings. The van der Waals surface area contributed by atoms with Crippen LogP contribution in [0.5, 0.6) is 0 Å². The van der Waals surface area contributed by atoms with E-state index in [9.17, 15) is 0 Å². The summed E-state index contributed by atoms with van der Waals surface area (Å²) in [7, 11) is 0. The summed E-state index contributed by atoms with van der Waals surface area (Å²) in [5, 5.41) is 1.13. The number of fused-ring (bicyclic) bond motifs is 1. The second-order valence-electron chi connectivity index (χ2n) is 3.30. The maximum atomic E-state index is 5.61. The third kappa shape index (κ3) is 1.88. The topological polar surface area (TPSA) is 24.7 Å². The molecule has 0 saturated heterocycles. The van der Waals surface area contributed by atoms with Gasteiger partial charge in [0.05, 0.1) is 16.3 Å². The van der Waals surface area contributed by atoms with Crippen LogP contribution in [0.25, 0.3) is 10.1 Å². The van der Waals surface area contributed by atoms with Crippen LogP contribution in [0, 0.1) is 0 Å². The monoisotopic (exact) mass is 250 g/mol. The van der Waals surface area contributed by atoms with Crippen LogP contribution in [0.15, 0.2) is 34.3 Å². The number of benzene rings is 1. The number of halogens is 1. The predicted octanol–water partition coefficient (Wildman–Crippen LogP) is 4.24. The van der Waals surface area contributed by atoms with Crippen molar-refractivity contribution < 1.29 is 0 Å². The Hall–Kier alpha value is -1.19. The van der Waals surface area contributed by atoms with Gasteiger partial charge in [-0.2, -0.15) is 0 Å². The Morgan fingerprint density at radius 2 is 2.19 bits per heavy atom. The number of rotatable bonds is 3. The molecule has 1 aromatic carbocycles. The molecule has 0 atom stereocenters. The standard InChI is InChI=1S/C12H11ClN2S/c1-8(15-7-13)12-11(14-2)9-5-3-4-6-10(9)16-12/h3-6H,2,7H2,1H3/b15-8-. The molecule has 1 aromatic heterocycles. The third-order valence-corrected chi connectivity index (χ3v) is 3.74. The average molecular weight is 251 g/mol. The summed E-state index contributed by atoms with van der Waals surface area (Å²) in [4.78, 5) is 9.35. The molecular weight excluding hydrogens is 240 g/mol. The fraction of sp³-hybridized carbons (Fsp3) is 0.167. The van der Waals surface area contributed by atoms with Crippen LogP contribution in [0.2, 0.25) is 0 Å². The smallest absolute Gasteiger partial charge is 0.113 e. The van der Waals surface area contributed by atoms with Crippen molar-refractivity contribution >= 4 is 51.1 Å². The van der Waals surface area contributed by atoms with Crippen molar-refractivity contribution in [3.63, 3.8) is 0 Å². The first-order valence-electron chi connectivity index (χ1n) is 4.83. The van der Waals surface area contributed by atoms with E-state index in [0.717, 1.165) is 21.7 Å². The van der Waals surface area contributed by atoms with Crippen molar-refractivity contribution in [3.05, 3.63) is 29.1 Å². The summed E-state index contributed by atoms with van der Waals surface area (Å²) in [6, 6.07) is 8.42. The minimum absolute atomic E-state index is 0.274. The van der Waals surface area contributed by atoms with Gasteiger partial charge >= 0.3 is 0 Å². The minimum atomic E-state index is 0.274. The van der Waals surface area contributed by atoms with Crippen LogP contribution in [-0.2, 0) is 0 Å². The molecule has 1 heterocycles. The fourth-order valence-corrected chi connectivity index (χ4v) is 2.90. The van der Waals surface area contributed by atoms with Gasteiger partial charge in [0, 0.05) is 10.1 Å². The van der Waals surface area contributed by atoms with Crippen LogP contribution in [0.1, 0.15) is 11.8 Å². The molecule has 0 aliphatic rings. The largest absolute Gasteiger partial charge is 0.272 e. The van der Waals surface area contributed by atoms with Crippen molar-refractivity contribution in [2.24, 2.45) is 9.98 Å². The Balaban J connectivity index is 2.70. The van der Waals surface area contributed by atoms with Crippen molar-refractivity contribution in [2.45, 2.75) is 6.92 Å². The zero-order valence-corrected chi connectivity index (χ0v) is 10.5. The van der Waals surface area contributed by atoms with E-state index in [0.29, 0.717) is 0 Å². The highest BCUT2D eigenvalue weighted by Crippen LogP contribution is 2.37. The Kier molecular flexibility index (Phi) is 3.36. The first-order valence-corrected chi connectivity index (χ1v) is 6.18. The van der Waals surface area contributed by atoms with Crippen LogP contribution < -0.4 is 0 Å². The quantitative estimate of drug-likeness (QED) is 0.442. The van der Waals surface area contributed by atoms with Gasteiger partial charge in [-0.25, -0.2) is 0 Å². The Morgan fingerprint density at radius 3 is 2.88 bits per heavy atom. The normalized spacial score (nSPS) is 12.0. The molecule has 0 aliphatic carbocycles. The van der Waals surface area contributed by atoms with Crippen molar-refractivity contribution in [2.75, 3.05) is 6.00 Å². The zero-order chi connectivity index (χ0) is 11.5. The Bertz CT molecular complexity index is 557. The van der Waals surface area contributed by atoms with E-state index in [4.69, 9.17) is 11.6 Å². The maximum Gasteiger partial charge on any atom is 0.113 e. The summed E-state index contributed by atoms with van der Waals surface area (Å²) in [6.07, 6.45) is 0. The van der Waals surface area contributed by atoms with Gasteiger partial charge in [-0.05, 0) is 19.7 Å². The van der Waals surface area contributed by atoms with E-state index in [1.807, 2.05) is 25.1 Å². The molecule has 0 bridgehead atoms. The van der Waals surface area contributed by atoms with Gasteiger partial charge in [-0.15, -0.1) is 22.9 Å². The zero-order valence-electron chi connectivity index (χ0n) is 8.90. The van der Waals surface area contributed by atoms with Crippen LogP contribution in [0.3, 0.4) is 0 Å².